The van der Waals surface area contributed by atoms with Crippen LogP contribution in [0.2, 0.25) is 5.02 Å². The van der Waals surface area contributed by atoms with Crippen LogP contribution in [0.4, 0.5) is 0 Å². The summed E-state index contributed by atoms with van der Waals surface area (Å²) in [6.07, 6.45) is 3.94. The SMILES string of the molecule is Cn1cc(/C=C(\C#N)c2cccc(Cl)c2)c2ccccc21. The molecule has 1 heterocycles. The van der Waals surface area contributed by atoms with Crippen molar-refractivity contribution in [2.24, 2.45) is 7.05 Å². The normalized spacial score (nSPS) is 11.6. The second-order valence-electron chi connectivity index (χ2n) is 4.89. The molecule has 0 aliphatic rings. The maximum absolute atomic E-state index is 9.44. The molecule has 0 aliphatic carbocycles. The van der Waals surface area contributed by atoms with E-state index in [2.05, 4.69) is 22.8 Å². The highest BCUT2D eigenvalue weighted by atomic mass is 35.5. The van der Waals surface area contributed by atoms with Gasteiger partial charge in [0.1, 0.15) is 0 Å². The van der Waals surface area contributed by atoms with Gasteiger partial charge >= 0.3 is 0 Å². The van der Waals surface area contributed by atoms with E-state index in [0.717, 1.165) is 22.0 Å². The lowest BCUT2D eigenvalue weighted by atomic mass is 10.0. The zero-order valence-electron chi connectivity index (χ0n) is 11.5. The van der Waals surface area contributed by atoms with Crippen molar-refractivity contribution in [3.05, 3.63) is 70.9 Å². The molecule has 3 aromatic rings. The lowest BCUT2D eigenvalue weighted by molar-refractivity contribution is 0.968. The molecular formula is C18H13ClN2. The average Bonchev–Trinajstić information content (AvgIpc) is 2.82. The minimum Gasteiger partial charge on any atom is -0.350 e. The molecule has 102 valence electrons. The molecule has 0 bridgehead atoms. The van der Waals surface area contributed by atoms with E-state index in [4.69, 9.17) is 11.6 Å². The van der Waals surface area contributed by atoms with Crippen molar-refractivity contribution in [1.29, 1.82) is 5.26 Å². The molecule has 1 aromatic heterocycles. The van der Waals surface area contributed by atoms with E-state index >= 15 is 0 Å². The standard InChI is InChI=1S/C18H13ClN2/c1-21-12-15(17-7-2-3-8-18(17)21)9-14(11-20)13-5-4-6-16(19)10-13/h2-10,12H,1H3/b14-9+. The van der Waals surface area contributed by atoms with Gasteiger partial charge in [-0.3, -0.25) is 0 Å². The Hall–Kier alpha value is -2.50. The monoisotopic (exact) mass is 292 g/mol. The minimum absolute atomic E-state index is 0.605. The summed E-state index contributed by atoms with van der Waals surface area (Å²) in [5, 5.41) is 11.2. The van der Waals surface area contributed by atoms with Gasteiger partial charge in [-0.15, -0.1) is 0 Å². The van der Waals surface area contributed by atoms with E-state index in [1.165, 1.54) is 0 Å². The quantitative estimate of drug-likeness (QED) is 0.618. The lowest BCUT2D eigenvalue weighted by Crippen LogP contribution is -1.82. The zero-order valence-corrected chi connectivity index (χ0v) is 12.3. The van der Waals surface area contributed by atoms with Crippen molar-refractivity contribution in [3.63, 3.8) is 0 Å². The van der Waals surface area contributed by atoms with Crippen LogP contribution < -0.4 is 0 Å². The van der Waals surface area contributed by atoms with Crippen molar-refractivity contribution in [2.45, 2.75) is 0 Å². The third-order valence-electron chi connectivity index (χ3n) is 3.48. The molecule has 3 rings (SSSR count). The van der Waals surface area contributed by atoms with Gasteiger partial charge in [0.05, 0.1) is 11.6 Å². The number of rotatable bonds is 2. The number of hydrogen-bond donors (Lipinski definition) is 0. The first kappa shape index (κ1) is 13.5. The summed E-state index contributed by atoms with van der Waals surface area (Å²) in [6, 6.07) is 17.8. The van der Waals surface area contributed by atoms with E-state index < -0.39 is 0 Å². The summed E-state index contributed by atoms with van der Waals surface area (Å²) >= 11 is 6.01. The van der Waals surface area contributed by atoms with Crippen LogP contribution in [-0.2, 0) is 7.05 Å². The van der Waals surface area contributed by atoms with E-state index in [-0.39, 0.29) is 0 Å². The van der Waals surface area contributed by atoms with Gasteiger partial charge in [0.2, 0.25) is 0 Å². The van der Waals surface area contributed by atoms with Gasteiger partial charge in [0.15, 0.2) is 0 Å². The molecule has 0 radical (unpaired) electrons. The third kappa shape index (κ3) is 2.56. The summed E-state index contributed by atoms with van der Waals surface area (Å²) in [5.41, 5.74) is 3.61. The minimum atomic E-state index is 0.605. The molecule has 2 aromatic carbocycles. The molecule has 0 N–H and O–H groups in total. The van der Waals surface area contributed by atoms with Crippen LogP contribution in [0.5, 0.6) is 0 Å². The first-order valence-electron chi connectivity index (χ1n) is 6.61. The Morgan fingerprint density at radius 3 is 2.76 bits per heavy atom. The molecule has 2 nitrogen and oxygen atoms in total. The van der Waals surface area contributed by atoms with Crippen molar-refractivity contribution in [3.8, 4) is 6.07 Å². The van der Waals surface area contributed by atoms with Gasteiger partial charge in [0, 0.05) is 34.7 Å². The largest absolute Gasteiger partial charge is 0.350 e. The number of benzene rings is 2. The highest BCUT2D eigenvalue weighted by Crippen LogP contribution is 2.26. The molecule has 0 saturated heterocycles. The van der Waals surface area contributed by atoms with E-state index in [9.17, 15) is 5.26 Å². The van der Waals surface area contributed by atoms with Crippen molar-refractivity contribution >= 4 is 34.2 Å². The molecule has 0 unspecified atom stereocenters. The van der Waals surface area contributed by atoms with E-state index in [1.807, 2.05) is 49.7 Å². The maximum atomic E-state index is 9.44. The van der Waals surface area contributed by atoms with Gasteiger partial charge in [-0.05, 0) is 29.8 Å². The lowest BCUT2D eigenvalue weighted by Gasteiger charge is -2.00. The maximum Gasteiger partial charge on any atom is 0.0998 e. The summed E-state index contributed by atoms with van der Waals surface area (Å²) in [6.45, 7) is 0. The van der Waals surface area contributed by atoms with Gasteiger partial charge in [0.25, 0.3) is 0 Å². The van der Waals surface area contributed by atoms with Gasteiger partial charge in [-0.2, -0.15) is 5.26 Å². The first-order valence-corrected chi connectivity index (χ1v) is 6.98. The fraction of sp³-hybridized carbons (Fsp3) is 0.0556. The molecule has 0 spiro atoms. The Morgan fingerprint density at radius 1 is 1.19 bits per heavy atom. The van der Waals surface area contributed by atoms with Crippen LogP contribution >= 0.6 is 11.6 Å². The number of fused-ring (bicyclic) bond motifs is 1. The first-order chi connectivity index (χ1) is 10.2. The number of nitrogens with zero attached hydrogens (tertiary/aromatic N) is 2. The zero-order chi connectivity index (χ0) is 14.8. The van der Waals surface area contributed by atoms with E-state index in [0.29, 0.717) is 10.6 Å². The Morgan fingerprint density at radius 2 is 2.00 bits per heavy atom. The summed E-state index contributed by atoms with van der Waals surface area (Å²) < 4.78 is 2.06. The second-order valence-corrected chi connectivity index (χ2v) is 5.33. The second kappa shape index (κ2) is 5.47. The molecule has 3 heteroatoms. The number of aryl methyl sites for hydroxylation is 1. The third-order valence-corrected chi connectivity index (χ3v) is 3.72. The van der Waals surface area contributed by atoms with E-state index in [1.54, 1.807) is 6.07 Å². The Balaban J connectivity index is 2.16. The number of halogens is 1. The average molecular weight is 293 g/mol. The molecular weight excluding hydrogens is 280 g/mol. The predicted molar refractivity (Wildman–Crippen MR) is 87.9 cm³/mol. The fourth-order valence-electron chi connectivity index (χ4n) is 2.48. The van der Waals surface area contributed by atoms with Crippen LogP contribution in [0.3, 0.4) is 0 Å². The Labute approximate surface area is 128 Å². The number of para-hydroxylation sites is 1. The molecule has 0 aliphatic heterocycles. The smallest absolute Gasteiger partial charge is 0.0998 e. The van der Waals surface area contributed by atoms with Crippen LogP contribution in [0.1, 0.15) is 11.1 Å². The summed E-state index contributed by atoms with van der Waals surface area (Å²) in [4.78, 5) is 0. The van der Waals surface area contributed by atoms with Crippen LogP contribution in [0, 0.1) is 11.3 Å². The Kier molecular flexibility index (Phi) is 3.51. The van der Waals surface area contributed by atoms with Crippen molar-refractivity contribution in [1.82, 2.24) is 4.57 Å². The number of allylic oxidation sites excluding steroid dienone is 1. The fourth-order valence-corrected chi connectivity index (χ4v) is 2.67. The van der Waals surface area contributed by atoms with Crippen LogP contribution in [0.25, 0.3) is 22.6 Å². The topological polar surface area (TPSA) is 28.7 Å². The molecule has 0 fully saturated rings. The summed E-state index contributed by atoms with van der Waals surface area (Å²) in [5.74, 6) is 0. The molecule has 0 amide bonds. The van der Waals surface area contributed by atoms with Gasteiger partial charge < -0.3 is 4.57 Å². The number of hydrogen-bond acceptors (Lipinski definition) is 1. The number of aromatic nitrogens is 1. The van der Waals surface area contributed by atoms with Gasteiger partial charge in [-0.25, -0.2) is 0 Å². The van der Waals surface area contributed by atoms with Gasteiger partial charge in [-0.1, -0.05) is 41.9 Å². The number of nitriles is 1. The van der Waals surface area contributed by atoms with Crippen molar-refractivity contribution < 1.29 is 0 Å². The molecule has 21 heavy (non-hydrogen) atoms. The summed E-state index contributed by atoms with van der Waals surface area (Å²) in [7, 11) is 2.01. The predicted octanol–water partition coefficient (Wildman–Crippen LogP) is 4.90. The molecule has 0 atom stereocenters. The Bertz CT molecular complexity index is 882. The van der Waals surface area contributed by atoms with Crippen LogP contribution in [0.15, 0.2) is 54.7 Å². The van der Waals surface area contributed by atoms with Crippen LogP contribution in [-0.4, -0.2) is 4.57 Å². The highest BCUT2D eigenvalue weighted by Gasteiger charge is 2.07. The molecule has 0 saturated carbocycles. The highest BCUT2D eigenvalue weighted by molar-refractivity contribution is 6.30. The van der Waals surface area contributed by atoms with Crippen molar-refractivity contribution in [2.75, 3.05) is 0 Å².